The largest absolute Gasteiger partial charge is 0.0786 e. The Morgan fingerprint density at radius 1 is 0.944 bits per heavy atom. The summed E-state index contributed by atoms with van der Waals surface area (Å²) in [4.78, 5) is 0.304. The first kappa shape index (κ1) is 12.7. The number of aryl methyl sites for hydroxylation is 2. The molecular formula is C16H14BrI. The normalized spacial score (nSPS) is 15.4. The van der Waals surface area contributed by atoms with E-state index < -0.39 is 0 Å². The Hall–Kier alpha value is -0.350. The van der Waals surface area contributed by atoms with Crippen LogP contribution in [0, 0.1) is 3.57 Å². The van der Waals surface area contributed by atoms with E-state index in [0.29, 0.717) is 4.83 Å². The summed E-state index contributed by atoms with van der Waals surface area (Å²) in [6, 6.07) is 15.6. The summed E-state index contributed by atoms with van der Waals surface area (Å²) in [5.41, 5.74) is 5.79. The molecule has 0 saturated carbocycles. The first-order chi connectivity index (χ1) is 8.74. The highest BCUT2D eigenvalue weighted by Crippen LogP contribution is 2.34. The van der Waals surface area contributed by atoms with Gasteiger partial charge in [0, 0.05) is 3.57 Å². The van der Waals surface area contributed by atoms with Crippen LogP contribution < -0.4 is 0 Å². The molecule has 0 amide bonds. The maximum absolute atomic E-state index is 3.83. The van der Waals surface area contributed by atoms with Crippen LogP contribution >= 0.6 is 38.5 Å². The molecule has 0 radical (unpaired) electrons. The molecule has 0 fully saturated rings. The lowest BCUT2D eigenvalue weighted by molar-refractivity contribution is 0.911. The molecule has 2 aromatic carbocycles. The molecule has 1 atom stereocenters. The van der Waals surface area contributed by atoms with Crippen molar-refractivity contribution >= 4 is 38.5 Å². The molecule has 0 bridgehead atoms. The molecule has 2 heteroatoms. The van der Waals surface area contributed by atoms with Crippen LogP contribution in [-0.2, 0) is 12.8 Å². The number of halogens is 2. The molecule has 0 aromatic heterocycles. The molecule has 0 spiro atoms. The van der Waals surface area contributed by atoms with Gasteiger partial charge in [-0.15, -0.1) is 0 Å². The molecule has 0 N–H and O–H groups in total. The van der Waals surface area contributed by atoms with Crippen molar-refractivity contribution in [2.24, 2.45) is 0 Å². The molecule has 1 aliphatic rings. The summed E-state index contributed by atoms with van der Waals surface area (Å²) in [5, 5.41) is 0. The Labute approximate surface area is 130 Å². The number of hydrogen-bond donors (Lipinski definition) is 0. The number of rotatable bonds is 2. The van der Waals surface area contributed by atoms with E-state index in [0.717, 1.165) is 0 Å². The Balaban J connectivity index is 1.95. The average Bonchev–Trinajstić information content (AvgIpc) is 2.85. The zero-order valence-electron chi connectivity index (χ0n) is 10.00. The summed E-state index contributed by atoms with van der Waals surface area (Å²) in [7, 11) is 0. The highest BCUT2D eigenvalue weighted by Gasteiger charge is 2.15. The van der Waals surface area contributed by atoms with Gasteiger partial charge in [0.05, 0.1) is 4.83 Å². The lowest BCUT2D eigenvalue weighted by Gasteiger charge is -2.13. The second-order valence-electron chi connectivity index (χ2n) is 4.80. The van der Waals surface area contributed by atoms with Crippen molar-refractivity contribution < 1.29 is 0 Å². The van der Waals surface area contributed by atoms with E-state index in [4.69, 9.17) is 0 Å². The predicted octanol–water partition coefficient (Wildman–Crippen LogP) is 5.26. The van der Waals surface area contributed by atoms with Crippen LogP contribution in [0.1, 0.15) is 33.5 Å². The fourth-order valence-corrected chi connectivity index (χ4v) is 3.74. The maximum Gasteiger partial charge on any atom is 0.0645 e. The highest BCUT2D eigenvalue weighted by molar-refractivity contribution is 14.1. The van der Waals surface area contributed by atoms with E-state index in [1.165, 1.54) is 34.0 Å². The number of alkyl halides is 1. The van der Waals surface area contributed by atoms with E-state index in [9.17, 15) is 0 Å². The summed E-state index contributed by atoms with van der Waals surface area (Å²) in [6.45, 7) is 0. The SMILES string of the molecule is BrC(c1cccc(I)c1)c1ccc2c(c1)CCC2. The van der Waals surface area contributed by atoms with Gasteiger partial charge in [0.25, 0.3) is 0 Å². The average molecular weight is 413 g/mol. The molecule has 92 valence electrons. The Bertz CT molecular complexity index is 577. The number of fused-ring (bicyclic) bond motifs is 1. The fraction of sp³-hybridized carbons (Fsp3) is 0.250. The van der Waals surface area contributed by atoms with Crippen LogP contribution in [-0.4, -0.2) is 0 Å². The van der Waals surface area contributed by atoms with Crippen molar-refractivity contribution in [3.63, 3.8) is 0 Å². The third-order valence-electron chi connectivity index (χ3n) is 3.56. The summed E-state index contributed by atoms with van der Waals surface area (Å²) in [6.07, 6.45) is 3.82. The lowest BCUT2D eigenvalue weighted by Crippen LogP contribution is -1.95. The smallest absolute Gasteiger partial charge is 0.0645 e. The Kier molecular flexibility index (Phi) is 3.76. The van der Waals surface area contributed by atoms with Gasteiger partial charge in [0.1, 0.15) is 0 Å². The van der Waals surface area contributed by atoms with E-state index >= 15 is 0 Å². The molecule has 0 heterocycles. The quantitative estimate of drug-likeness (QED) is 0.466. The summed E-state index contributed by atoms with van der Waals surface area (Å²) in [5.74, 6) is 0. The lowest BCUT2D eigenvalue weighted by atomic mass is 10.0. The molecule has 2 aromatic rings. The van der Waals surface area contributed by atoms with Gasteiger partial charge in [-0.1, -0.05) is 46.3 Å². The van der Waals surface area contributed by atoms with Crippen molar-refractivity contribution in [3.8, 4) is 0 Å². The van der Waals surface area contributed by atoms with Gasteiger partial charge in [0.2, 0.25) is 0 Å². The van der Waals surface area contributed by atoms with Gasteiger partial charge in [-0.25, -0.2) is 0 Å². The Morgan fingerprint density at radius 3 is 2.56 bits per heavy atom. The molecule has 3 rings (SSSR count). The van der Waals surface area contributed by atoms with Gasteiger partial charge < -0.3 is 0 Å². The first-order valence-corrected chi connectivity index (χ1v) is 8.25. The number of benzene rings is 2. The third kappa shape index (κ3) is 2.50. The van der Waals surface area contributed by atoms with Crippen molar-refractivity contribution in [3.05, 3.63) is 68.3 Å². The number of hydrogen-bond acceptors (Lipinski definition) is 0. The second kappa shape index (κ2) is 5.33. The van der Waals surface area contributed by atoms with Crippen molar-refractivity contribution in [1.29, 1.82) is 0 Å². The molecule has 18 heavy (non-hydrogen) atoms. The van der Waals surface area contributed by atoms with Crippen LogP contribution in [0.4, 0.5) is 0 Å². The summed E-state index contributed by atoms with van der Waals surface area (Å²) >= 11 is 6.20. The second-order valence-corrected chi connectivity index (χ2v) is 6.96. The molecule has 0 nitrogen and oxygen atoms in total. The van der Waals surface area contributed by atoms with Gasteiger partial charge >= 0.3 is 0 Å². The van der Waals surface area contributed by atoms with E-state index in [-0.39, 0.29) is 0 Å². The third-order valence-corrected chi connectivity index (χ3v) is 5.28. The summed E-state index contributed by atoms with van der Waals surface area (Å²) < 4.78 is 1.29. The zero-order chi connectivity index (χ0) is 12.5. The standard InChI is InChI=1S/C16H14BrI/c17-16(13-5-2-6-15(18)10-13)14-8-7-11-3-1-4-12(11)9-14/h2,5-10,16H,1,3-4H2. The fourth-order valence-electron chi connectivity index (χ4n) is 2.61. The molecule has 1 unspecified atom stereocenters. The van der Waals surface area contributed by atoms with Crippen molar-refractivity contribution in [2.75, 3.05) is 0 Å². The van der Waals surface area contributed by atoms with Crippen LogP contribution in [0.3, 0.4) is 0 Å². The van der Waals surface area contributed by atoms with Crippen LogP contribution in [0.2, 0.25) is 0 Å². The van der Waals surface area contributed by atoms with Gasteiger partial charge in [-0.3, -0.25) is 0 Å². The van der Waals surface area contributed by atoms with Crippen molar-refractivity contribution in [2.45, 2.75) is 24.1 Å². The van der Waals surface area contributed by atoms with Crippen molar-refractivity contribution in [1.82, 2.24) is 0 Å². The minimum atomic E-state index is 0.304. The van der Waals surface area contributed by atoms with Crippen LogP contribution in [0.25, 0.3) is 0 Å². The first-order valence-electron chi connectivity index (χ1n) is 6.25. The monoisotopic (exact) mass is 412 g/mol. The van der Waals surface area contributed by atoms with Gasteiger partial charge in [0.15, 0.2) is 0 Å². The molecule has 0 saturated heterocycles. The minimum Gasteiger partial charge on any atom is -0.0786 e. The highest BCUT2D eigenvalue weighted by atomic mass is 127. The van der Waals surface area contributed by atoms with E-state index in [1.54, 1.807) is 11.1 Å². The zero-order valence-corrected chi connectivity index (χ0v) is 13.7. The predicted molar refractivity (Wildman–Crippen MR) is 88.4 cm³/mol. The minimum absolute atomic E-state index is 0.304. The Morgan fingerprint density at radius 2 is 1.72 bits per heavy atom. The van der Waals surface area contributed by atoms with E-state index in [1.807, 2.05) is 0 Å². The van der Waals surface area contributed by atoms with E-state index in [2.05, 4.69) is 81.0 Å². The maximum atomic E-state index is 3.83. The topological polar surface area (TPSA) is 0 Å². The molecule has 1 aliphatic carbocycles. The van der Waals surface area contributed by atoms with Crippen LogP contribution in [0.15, 0.2) is 42.5 Å². The molecular weight excluding hydrogens is 399 g/mol. The molecule has 0 aliphatic heterocycles. The van der Waals surface area contributed by atoms with Gasteiger partial charge in [-0.2, -0.15) is 0 Å². The van der Waals surface area contributed by atoms with Crippen LogP contribution in [0.5, 0.6) is 0 Å². The van der Waals surface area contributed by atoms with Gasteiger partial charge in [-0.05, 0) is 76.2 Å².